The van der Waals surface area contributed by atoms with Crippen molar-refractivity contribution in [3.8, 4) is 0 Å². The normalized spacial score (nSPS) is 19.7. The average molecular weight is 288 g/mol. The Morgan fingerprint density at radius 1 is 1.29 bits per heavy atom. The largest absolute Gasteiger partial charge is 0.338 e. The molecule has 0 spiro atoms. The summed E-state index contributed by atoms with van der Waals surface area (Å²) in [5, 5.41) is 0. The molecule has 0 bridgehead atoms. The second-order valence-corrected chi connectivity index (χ2v) is 6.96. The van der Waals surface area contributed by atoms with Crippen molar-refractivity contribution in [1.82, 2.24) is 9.80 Å². The van der Waals surface area contributed by atoms with Gasteiger partial charge >= 0.3 is 0 Å². The van der Waals surface area contributed by atoms with Crippen molar-refractivity contribution in [3.63, 3.8) is 0 Å². The van der Waals surface area contributed by atoms with Gasteiger partial charge < -0.3 is 4.90 Å². The molecule has 1 amide bonds. The lowest BCUT2D eigenvalue weighted by Crippen LogP contribution is -2.48. The Kier molecular flexibility index (Phi) is 5.04. The van der Waals surface area contributed by atoms with Crippen LogP contribution < -0.4 is 0 Å². The van der Waals surface area contributed by atoms with Crippen molar-refractivity contribution in [2.24, 2.45) is 5.92 Å². The molecule has 0 radical (unpaired) electrons. The van der Waals surface area contributed by atoms with Crippen LogP contribution in [0.5, 0.6) is 0 Å². The predicted molar refractivity (Wildman–Crippen MR) is 87.0 cm³/mol. The van der Waals surface area contributed by atoms with Crippen LogP contribution >= 0.6 is 0 Å². The van der Waals surface area contributed by atoms with Crippen LogP contribution in [0.1, 0.15) is 39.7 Å². The van der Waals surface area contributed by atoms with Gasteiger partial charge in [-0.25, -0.2) is 0 Å². The first-order valence-corrected chi connectivity index (χ1v) is 7.99. The highest BCUT2D eigenvalue weighted by molar-refractivity contribution is 5.80. The summed E-state index contributed by atoms with van der Waals surface area (Å²) < 4.78 is 0. The first kappa shape index (κ1) is 16.0. The standard InChI is InChI=1S/C18H28N2O/c1-5-20(18(2,3)4)17(21)16-11-12-19(14-16)13-15-9-7-6-8-10-15/h6-10,16H,5,11-14H2,1-4H3. The summed E-state index contributed by atoms with van der Waals surface area (Å²) in [4.78, 5) is 17.1. The number of benzene rings is 1. The molecule has 0 aromatic heterocycles. The van der Waals surface area contributed by atoms with Gasteiger partial charge in [-0.05, 0) is 46.2 Å². The maximum Gasteiger partial charge on any atom is 0.227 e. The molecule has 1 aromatic carbocycles. The molecule has 3 nitrogen and oxygen atoms in total. The zero-order valence-corrected chi connectivity index (χ0v) is 13.8. The first-order chi connectivity index (χ1) is 9.91. The Hall–Kier alpha value is -1.35. The van der Waals surface area contributed by atoms with E-state index in [0.717, 1.165) is 32.6 Å². The van der Waals surface area contributed by atoms with Gasteiger partial charge in [-0.1, -0.05) is 30.3 Å². The maximum absolute atomic E-state index is 12.7. The lowest BCUT2D eigenvalue weighted by Gasteiger charge is -2.36. The molecule has 1 unspecified atom stereocenters. The number of carbonyl (C=O) groups excluding carboxylic acids is 1. The molecule has 2 rings (SSSR count). The molecule has 1 fully saturated rings. The Balaban J connectivity index is 1.94. The van der Waals surface area contributed by atoms with Crippen molar-refractivity contribution < 1.29 is 4.79 Å². The molecular weight excluding hydrogens is 260 g/mol. The Morgan fingerprint density at radius 2 is 1.95 bits per heavy atom. The van der Waals surface area contributed by atoms with E-state index in [2.05, 4.69) is 56.9 Å². The summed E-state index contributed by atoms with van der Waals surface area (Å²) in [6.45, 7) is 12.1. The Morgan fingerprint density at radius 3 is 2.52 bits per heavy atom. The number of hydrogen-bond acceptors (Lipinski definition) is 2. The molecule has 1 aliphatic rings. The van der Waals surface area contributed by atoms with E-state index >= 15 is 0 Å². The van der Waals surface area contributed by atoms with Crippen molar-refractivity contribution in [2.75, 3.05) is 19.6 Å². The minimum atomic E-state index is -0.0846. The van der Waals surface area contributed by atoms with Crippen LogP contribution in [0.15, 0.2) is 30.3 Å². The van der Waals surface area contributed by atoms with Gasteiger partial charge in [0.15, 0.2) is 0 Å². The number of amides is 1. The maximum atomic E-state index is 12.7. The second kappa shape index (κ2) is 6.61. The molecule has 1 saturated heterocycles. The van der Waals surface area contributed by atoms with Crippen LogP contribution in [-0.4, -0.2) is 40.9 Å². The van der Waals surface area contributed by atoms with E-state index in [9.17, 15) is 4.79 Å². The van der Waals surface area contributed by atoms with Gasteiger partial charge in [0.05, 0.1) is 5.92 Å². The van der Waals surface area contributed by atoms with E-state index in [1.807, 2.05) is 11.0 Å². The highest BCUT2D eigenvalue weighted by atomic mass is 16.2. The van der Waals surface area contributed by atoms with Gasteiger partial charge in [0.2, 0.25) is 5.91 Å². The fourth-order valence-electron chi connectivity index (χ4n) is 3.20. The molecule has 1 aliphatic heterocycles. The lowest BCUT2D eigenvalue weighted by atomic mass is 10.0. The van der Waals surface area contributed by atoms with E-state index in [-0.39, 0.29) is 11.5 Å². The average Bonchev–Trinajstić information content (AvgIpc) is 2.87. The summed E-state index contributed by atoms with van der Waals surface area (Å²) >= 11 is 0. The molecule has 1 aromatic rings. The molecule has 3 heteroatoms. The quantitative estimate of drug-likeness (QED) is 0.849. The highest BCUT2D eigenvalue weighted by Gasteiger charge is 2.34. The fraction of sp³-hybridized carbons (Fsp3) is 0.611. The zero-order chi connectivity index (χ0) is 15.5. The molecule has 1 atom stereocenters. The monoisotopic (exact) mass is 288 g/mol. The van der Waals surface area contributed by atoms with E-state index in [0.29, 0.717) is 5.91 Å². The Labute approximate surface area is 128 Å². The molecule has 0 aliphatic carbocycles. The van der Waals surface area contributed by atoms with Crippen LogP contribution in [0, 0.1) is 5.92 Å². The molecule has 0 saturated carbocycles. The molecule has 1 heterocycles. The van der Waals surface area contributed by atoms with Crippen molar-refractivity contribution in [3.05, 3.63) is 35.9 Å². The summed E-state index contributed by atoms with van der Waals surface area (Å²) in [5.41, 5.74) is 1.24. The van der Waals surface area contributed by atoms with Gasteiger partial charge in [-0.3, -0.25) is 9.69 Å². The summed E-state index contributed by atoms with van der Waals surface area (Å²) in [6.07, 6.45) is 0.984. The van der Waals surface area contributed by atoms with Crippen LogP contribution in [0.4, 0.5) is 0 Å². The number of nitrogens with zero attached hydrogens (tertiary/aromatic N) is 2. The summed E-state index contributed by atoms with van der Waals surface area (Å²) in [7, 11) is 0. The van der Waals surface area contributed by atoms with Gasteiger partial charge in [0.25, 0.3) is 0 Å². The predicted octanol–water partition coefficient (Wildman–Crippen LogP) is 3.16. The van der Waals surface area contributed by atoms with Crippen molar-refractivity contribution in [2.45, 2.75) is 46.2 Å². The number of likely N-dealkylation sites (tertiary alicyclic amines) is 1. The van der Waals surface area contributed by atoms with Gasteiger partial charge in [-0.2, -0.15) is 0 Å². The van der Waals surface area contributed by atoms with Gasteiger partial charge in [0.1, 0.15) is 0 Å². The van der Waals surface area contributed by atoms with E-state index < -0.39 is 0 Å². The third kappa shape index (κ3) is 4.07. The number of hydrogen-bond donors (Lipinski definition) is 0. The summed E-state index contributed by atoms with van der Waals surface area (Å²) in [6, 6.07) is 10.5. The van der Waals surface area contributed by atoms with E-state index in [1.165, 1.54) is 5.56 Å². The number of rotatable bonds is 4. The smallest absolute Gasteiger partial charge is 0.227 e. The van der Waals surface area contributed by atoms with Gasteiger partial charge in [-0.15, -0.1) is 0 Å². The fourth-order valence-corrected chi connectivity index (χ4v) is 3.20. The first-order valence-electron chi connectivity index (χ1n) is 7.99. The molecular formula is C18H28N2O. The Bertz CT molecular complexity index is 464. The SMILES string of the molecule is CCN(C(=O)C1CCN(Cc2ccccc2)C1)C(C)(C)C. The van der Waals surface area contributed by atoms with Crippen molar-refractivity contribution in [1.29, 1.82) is 0 Å². The van der Waals surface area contributed by atoms with Gasteiger partial charge in [0, 0.05) is 25.2 Å². The van der Waals surface area contributed by atoms with Crippen LogP contribution in [0.2, 0.25) is 0 Å². The molecule has 0 N–H and O–H groups in total. The highest BCUT2D eigenvalue weighted by Crippen LogP contribution is 2.24. The van der Waals surface area contributed by atoms with Crippen LogP contribution in [0.25, 0.3) is 0 Å². The second-order valence-electron chi connectivity index (χ2n) is 6.96. The van der Waals surface area contributed by atoms with E-state index in [4.69, 9.17) is 0 Å². The summed E-state index contributed by atoms with van der Waals surface area (Å²) in [5.74, 6) is 0.480. The zero-order valence-electron chi connectivity index (χ0n) is 13.8. The van der Waals surface area contributed by atoms with Crippen LogP contribution in [0.3, 0.4) is 0 Å². The minimum absolute atomic E-state index is 0.0846. The van der Waals surface area contributed by atoms with Crippen molar-refractivity contribution >= 4 is 5.91 Å². The minimum Gasteiger partial charge on any atom is -0.338 e. The number of carbonyl (C=O) groups is 1. The molecule has 116 valence electrons. The third-order valence-electron chi connectivity index (χ3n) is 4.26. The third-order valence-corrected chi connectivity index (χ3v) is 4.26. The molecule has 21 heavy (non-hydrogen) atoms. The van der Waals surface area contributed by atoms with E-state index in [1.54, 1.807) is 0 Å². The lowest BCUT2D eigenvalue weighted by molar-refractivity contribution is -0.139. The van der Waals surface area contributed by atoms with Crippen LogP contribution in [-0.2, 0) is 11.3 Å². The topological polar surface area (TPSA) is 23.6 Å².